The van der Waals surface area contributed by atoms with E-state index >= 15 is 0 Å². The summed E-state index contributed by atoms with van der Waals surface area (Å²) in [7, 11) is 0. The van der Waals surface area contributed by atoms with Crippen molar-refractivity contribution in [1.82, 2.24) is 14.9 Å². The number of nitrogens with one attached hydrogen (secondary N) is 1. The van der Waals surface area contributed by atoms with E-state index in [-0.39, 0.29) is 17.6 Å². The maximum absolute atomic E-state index is 13.4. The molecule has 148 valence electrons. The first-order valence-corrected chi connectivity index (χ1v) is 9.80. The summed E-state index contributed by atoms with van der Waals surface area (Å²) in [6.45, 7) is 3.39. The highest BCUT2D eigenvalue weighted by Gasteiger charge is 2.26. The second-order valence-electron chi connectivity index (χ2n) is 7.40. The number of hydrogen-bond donors (Lipinski definition) is 1. The van der Waals surface area contributed by atoms with Gasteiger partial charge in [-0.05, 0) is 56.2 Å². The fourth-order valence-corrected chi connectivity index (χ4v) is 3.64. The molecule has 0 saturated carbocycles. The molecule has 2 heterocycles. The van der Waals surface area contributed by atoms with Crippen molar-refractivity contribution in [3.63, 3.8) is 0 Å². The number of aromatic nitrogens is 2. The molecule has 1 fully saturated rings. The van der Waals surface area contributed by atoms with Crippen LogP contribution in [-0.4, -0.2) is 33.9 Å². The number of amides is 1. The predicted octanol–water partition coefficient (Wildman–Crippen LogP) is 4.69. The number of likely N-dealkylation sites (tertiary alicyclic amines) is 1. The third-order valence-electron chi connectivity index (χ3n) is 5.18. The van der Waals surface area contributed by atoms with Gasteiger partial charge in [-0.3, -0.25) is 4.79 Å². The van der Waals surface area contributed by atoms with Crippen LogP contribution < -0.4 is 5.32 Å². The Morgan fingerprint density at radius 3 is 2.79 bits per heavy atom. The maximum Gasteiger partial charge on any atom is 0.253 e. The summed E-state index contributed by atoms with van der Waals surface area (Å²) < 4.78 is 13.4. The van der Waals surface area contributed by atoms with Gasteiger partial charge >= 0.3 is 0 Å². The summed E-state index contributed by atoms with van der Waals surface area (Å²) in [5, 5.41) is 3.05. The van der Waals surface area contributed by atoms with Gasteiger partial charge in [-0.2, -0.15) is 0 Å². The van der Waals surface area contributed by atoms with Gasteiger partial charge in [0.2, 0.25) is 5.95 Å². The lowest BCUT2D eigenvalue weighted by Crippen LogP contribution is -2.39. The van der Waals surface area contributed by atoms with Crippen molar-refractivity contribution in [3.05, 3.63) is 83.4 Å². The number of carbonyl (C=O) groups is 1. The number of rotatable bonds is 4. The van der Waals surface area contributed by atoms with Crippen molar-refractivity contribution < 1.29 is 9.18 Å². The van der Waals surface area contributed by atoms with Gasteiger partial charge in [0.05, 0.1) is 5.69 Å². The molecule has 1 aliphatic rings. The minimum Gasteiger partial charge on any atom is -0.338 e. The molecule has 1 aliphatic heterocycles. The first-order chi connectivity index (χ1) is 14.1. The molecule has 1 saturated heterocycles. The monoisotopic (exact) mass is 390 g/mol. The minimum absolute atomic E-state index is 0.0573. The third kappa shape index (κ3) is 4.59. The summed E-state index contributed by atoms with van der Waals surface area (Å²) in [4.78, 5) is 23.6. The van der Waals surface area contributed by atoms with Crippen molar-refractivity contribution in [2.75, 3.05) is 18.4 Å². The van der Waals surface area contributed by atoms with Crippen LogP contribution in [0.4, 0.5) is 16.0 Å². The zero-order valence-electron chi connectivity index (χ0n) is 16.3. The van der Waals surface area contributed by atoms with E-state index in [2.05, 4.69) is 15.3 Å². The van der Waals surface area contributed by atoms with Crippen LogP contribution in [0.3, 0.4) is 0 Å². The van der Waals surface area contributed by atoms with Gasteiger partial charge in [-0.15, -0.1) is 0 Å². The van der Waals surface area contributed by atoms with Crippen LogP contribution in [0.5, 0.6) is 0 Å². The van der Waals surface area contributed by atoms with Crippen LogP contribution in [0.15, 0.2) is 60.8 Å². The van der Waals surface area contributed by atoms with Gasteiger partial charge in [0.15, 0.2) is 0 Å². The Bertz CT molecular complexity index is 1010. The molecule has 1 N–H and O–H groups in total. The summed E-state index contributed by atoms with van der Waals surface area (Å²) in [5.41, 5.74) is 3.34. The van der Waals surface area contributed by atoms with Gasteiger partial charge in [-0.1, -0.05) is 23.8 Å². The third-order valence-corrected chi connectivity index (χ3v) is 5.18. The van der Waals surface area contributed by atoms with Gasteiger partial charge in [0.1, 0.15) is 5.82 Å². The number of piperidine rings is 1. The molecular weight excluding hydrogens is 367 g/mol. The first kappa shape index (κ1) is 19.1. The number of aryl methyl sites for hydroxylation is 1. The van der Waals surface area contributed by atoms with Crippen LogP contribution in [0.1, 0.15) is 40.4 Å². The van der Waals surface area contributed by atoms with Gasteiger partial charge < -0.3 is 10.2 Å². The molecule has 0 unspecified atom stereocenters. The van der Waals surface area contributed by atoms with E-state index < -0.39 is 0 Å². The highest BCUT2D eigenvalue weighted by Crippen LogP contribution is 2.27. The van der Waals surface area contributed by atoms with E-state index in [0.717, 1.165) is 30.6 Å². The van der Waals surface area contributed by atoms with E-state index in [1.165, 1.54) is 12.1 Å². The Kier molecular flexibility index (Phi) is 5.51. The van der Waals surface area contributed by atoms with E-state index in [9.17, 15) is 9.18 Å². The number of nitrogens with zero attached hydrogens (tertiary/aromatic N) is 3. The second-order valence-corrected chi connectivity index (χ2v) is 7.40. The predicted molar refractivity (Wildman–Crippen MR) is 111 cm³/mol. The maximum atomic E-state index is 13.4. The lowest BCUT2D eigenvalue weighted by atomic mass is 9.94. The van der Waals surface area contributed by atoms with E-state index in [1.54, 1.807) is 18.3 Å². The molecule has 0 radical (unpaired) electrons. The van der Waals surface area contributed by atoms with Crippen LogP contribution >= 0.6 is 0 Å². The largest absolute Gasteiger partial charge is 0.338 e. The smallest absolute Gasteiger partial charge is 0.253 e. The molecule has 2 aromatic carbocycles. The molecule has 0 aliphatic carbocycles. The molecule has 4 rings (SSSR count). The molecule has 1 aromatic heterocycles. The minimum atomic E-state index is -0.316. The zero-order valence-corrected chi connectivity index (χ0v) is 16.3. The van der Waals surface area contributed by atoms with E-state index in [0.29, 0.717) is 23.7 Å². The van der Waals surface area contributed by atoms with Crippen molar-refractivity contribution in [1.29, 1.82) is 0 Å². The van der Waals surface area contributed by atoms with Crippen molar-refractivity contribution in [2.45, 2.75) is 25.7 Å². The van der Waals surface area contributed by atoms with Crippen LogP contribution in [0.2, 0.25) is 0 Å². The average molecular weight is 390 g/mol. The van der Waals surface area contributed by atoms with E-state index in [1.807, 2.05) is 42.2 Å². The molecule has 29 heavy (non-hydrogen) atoms. The lowest BCUT2D eigenvalue weighted by molar-refractivity contribution is 0.0706. The standard InChI is InChI=1S/C23H23FN4O/c1-16-7-9-17(10-8-16)22(29)28-13-3-4-18(15-28)21-11-12-25-23(27-21)26-20-6-2-5-19(24)14-20/h2,5-12,14,18H,3-4,13,15H2,1H3,(H,25,26,27)/t18-/m1/s1. The quantitative estimate of drug-likeness (QED) is 0.702. The Balaban J connectivity index is 1.48. The number of halogens is 1. The fraction of sp³-hybridized carbons (Fsp3) is 0.261. The topological polar surface area (TPSA) is 58.1 Å². The number of anilines is 2. The highest BCUT2D eigenvalue weighted by atomic mass is 19.1. The Morgan fingerprint density at radius 1 is 1.17 bits per heavy atom. The molecule has 5 nitrogen and oxygen atoms in total. The molecular formula is C23H23FN4O. The normalized spacial score (nSPS) is 16.5. The summed E-state index contributed by atoms with van der Waals surface area (Å²) in [6, 6.07) is 15.8. The lowest BCUT2D eigenvalue weighted by Gasteiger charge is -2.32. The first-order valence-electron chi connectivity index (χ1n) is 9.80. The van der Waals surface area contributed by atoms with E-state index in [4.69, 9.17) is 0 Å². The molecule has 1 amide bonds. The number of hydrogen-bond acceptors (Lipinski definition) is 4. The number of benzene rings is 2. The Morgan fingerprint density at radius 2 is 2.00 bits per heavy atom. The van der Waals surface area contributed by atoms with Crippen LogP contribution in [-0.2, 0) is 0 Å². The fourth-order valence-electron chi connectivity index (χ4n) is 3.64. The number of carbonyl (C=O) groups excluding carboxylic acids is 1. The molecule has 1 atom stereocenters. The Labute approximate surface area is 169 Å². The summed E-state index contributed by atoms with van der Waals surface area (Å²) in [5.74, 6) is 0.315. The van der Waals surface area contributed by atoms with Crippen LogP contribution in [0, 0.1) is 12.7 Å². The highest BCUT2D eigenvalue weighted by molar-refractivity contribution is 5.94. The summed E-state index contributed by atoms with van der Waals surface area (Å²) >= 11 is 0. The molecule has 3 aromatic rings. The van der Waals surface area contributed by atoms with Crippen molar-refractivity contribution >= 4 is 17.5 Å². The van der Waals surface area contributed by atoms with Gasteiger partial charge in [0.25, 0.3) is 5.91 Å². The van der Waals surface area contributed by atoms with Crippen LogP contribution in [0.25, 0.3) is 0 Å². The van der Waals surface area contributed by atoms with Crippen molar-refractivity contribution in [3.8, 4) is 0 Å². The second kappa shape index (κ2) is 8.39. The van der Waals surface area contributed by atoms with Gasteiger partial charge in [0, 0.05) is 36.5 Å². The van der Waals surface area contributed by atoms with Crippen molar-refractivity contribution in [2.24, 2.45) is 0 Å². The molecule has 0 bridgehead atoms. The molecule has 6 heteroatoms. The zero-order chi connectivity index (χ0) is 20.2. The Hall–Kier alpha value is -3.28. The summed E-state index contributed by atoms with van der Waals surface area (Å²) in [6.07, 6.45) is 3.59. The average Bonchev–Trinajstić information content (AvgIpc) is 2.74. The SMILES string of the molecule is Cc1ccc(C(=O)N2CCC[C@@H](c3ccnc(Nc4cccc(F)c4)n3)C2)cc1. The molecule has 0 spiro atoms. The van der Waals surface area contributed by atoms with Gasteiger partial charge in [-0.25, -0.2) is 14.4 Å².